The quantitative estimate of drug-likeness (QED) is 0.903. The van der Waals surface area contributed by atoms with Crippen molar-refractivity contribution >= 4 is 5.95 Å². The maximum atomic E-state index is 4.41. The van der Waals surface area contributed by atoms with Crippen LogP contribution in [0.1, 0.15) is 32.1 Å². The third kappa shape index (κ3) is 2.25. The van der Waals surface area contributed by atoms with E-state index in [2.05, 4.69) is 15.4 Å². The average Bonchev–Trinajstić information content (AvgIpc) is 2.99. The Morgan fingerprint density at radius 1 is 1.22 bits per heavy atom. The molecule has 0 radical (unpaired) electrons. The topological polar surface area (TPSA) is 47.7 Å². The maximum Gasteiger partial charge on any atom is 0.208 e. The van der Waals surface area contributed by atoms with E-state index in [4.69, 9.17) is 0 Å². The first kappa shape index (κ1) is 11.3. The Morgan fingerprint density at radius 3 is 2.78 bits per heavy atom. The van der Waals surface area contributed by atoms with Gasteiger partial charge in [0.1, 0.15) is 0 Å². The summed E-state index contributed by atoms with van der Waals surface area (Å²) in [5.74, 6) is 1.81. The zero-order valence-corrected chi connectivity index (χ0v) is 10.7. The van der Waals surface area contributed by atoms with E-state index in [0.29, 0.717) is 6.04 Å². The van der Waals surface area contributed by atoms with Crippen molar-refractivity contribution in [2.45, 2.75) is 38.1 Å². The van der Waals surface area contributed by atoms with Gasteiger partial charge >= 0.3 is 0 Å². The van der Waals surface area contributed by atoms with E-state index in [1.165, 1.54) is 32.1 Å². The van der Waals surface area contributed by atoms with E-state index in [-0.39, 0.29) is 0 Å². The van der Waals surface area contributed by atoms with Crippen LogP contribution in [0.25, 0.3) is 5.82 Å². The SMILES string of the molecule is Cn1ccc(-n2ccnc2NC2CCCCC2)n1. The molecule has 0 spiro atoms. The van der Waals surface area contributed by atoms with Gasteiger partial charge < -0.3 is 5.32 Å². The molecule has 18 heavy (non-hydrogen) atoms. The van der Waals surface area contributed by atoms with Crippen molar-refractivity contribution in [3.8, 4) is 5.82 Å². The van der Waals surface area contributed by atoms with Crippen LogP contribution in [0.4, 0.5) is 5.95 Å². The summed E-state index contributed by atoms with van der Waals surface area (Å²) in [7, 11) is 1.93. The van der Waals surface area contributed by atoms with Crippen LogP contribution in [0.3, 0.4) is 0 Å². The number of nitrogens with zero attached hydrogens (tertiary/aromatic N) is 4. The smallest absolute Gasteiger partial charge is 0.208 e. The van der Waals surface area contributed by atoms with Crippen LogP contribution >= 0.6 is 0 Å². The van der Waals surface area contributed by atoms with Gasteiger partial charge in [0, 0.05) is 37.7 Å². The van der Waals surface area contributed by atoms with Gasteiger partial charge in [-0.05, 0) is 12.8 Å². The molecular weight excluding hydrogens is 226 g/mol. The number of hydrogen-bond donors (Lipinski definition) is 1. The zero-order valence-electron chi connectivity index (χ0n) is 10.7. The number of hydrogen-bond acceptors (Lipinski definition) is 3. The summed E-state index contributed by atoms with van der Waals surface area (Å²) in [4.78, 5) is 4.40. The predicted octanol–water partition coefficient (Wildman–Crippen LogP) is 2.35. The molecule has 2 heterocycles. The largest absolute Gasteiger partial charge is 0.353 e. The van der Waals surface area contributed by atoms with Crippen LogP contribution in [-0.4, -0.2) is 25.4 Å². The van der Waals surface area contributed by atoms with Crippen LogP contribution in [0.15, 0.2) is 24.7 Å². The Morgan fingerprint density at radius 2 is 2.06 bits per heavy atom. The second-order valence-corrected chi connectivity index (χ2v) is 4.95. The summed E-state index contributed by atoms with van der Waals surface area (Å²) in [5.41, 5.74) is 0. The lowest BCUT2D eigenvalue weighted by molar-refractivity contribution is 0.460. The van der Waals surface area contributed by atoms with Gasteiger partial charge in [0.05, 0.1) is 0 Å². The number of anilines is 1. The summed E-state index contributed by atoms with van der Waals surface area (Å²) in [6.07, 6.45) is 12.2. The van der Waals surface area contributed by atoms with Crippen molar-refractivity contribution in [1.82, 2.24) is 19.3 Å². The molecule has 0 amide bonds. The summed E-state index contributed by atoms with van der Waals surface area (Å²) >= 11 is 0. The molecule has 1 saturated carbocycles. The van der Waals surface area contributed by atoms with Gasteiger partial charge in [0.2, 0.25) is 5.95 Å². The Labute approximate surface area is 107 Å². The monoisotopic (exact) mass is 245 g/mol. The molecule has 1 aliphatic carbocycles. The minimum atomic E-state index is 0.559. The molecule has 0 atom stereocenters. The number of aromatic nitrogens is 4. The first-order valence-corrected chi connectivity index (χ1v) is 6.63. The zero-order chi connectivity index (χ0) is 12.4. The molecule has 1 N–H and O–H groups in total. The average molecular weight is 245 g/mol. The highest BCUT2D eigenvalue weighted by atomic mass is 15.3. The minimum absolute atomic E-state index is 0.559. The van der Waals surface area contributed by atoms with Crippen molar-refractivity contribution in [3.63, 3.8) is 0 Å². The summed E-state index contributed by atoms with van der Waals surface area (Å²) < 4.78 is 3.81. The Bertz CT molecular complexity index is 507. The molecule has 3 rings (SSSR count). The first-order chi connectivity index (χ1) is 8.83. The third-order valence-electron chi connectivity index (χ3n) is 3.53. The molecule has 0 aliphatic heterocycles. The van der Waals surface area contributed by atoms with Crippen LogP contribution in [0.5, 0.6) is 0 Å². The maximum absolute atomic E-state index is 4.41. The molecule has 1 fully saturated rings. The van der Waals surface area contributed by atoms with E-state index in [1.54, 1.807) is 4.68 Å². The van der Waals surface area contributed by atoms with E-state index >= 15 is 0 Å². The molecule has 5 nitrogen and oxygen atoms in total. The second kappa shape index (κ2) is 4.84. The van der Waals surface area contributed by atoms with E-state index < -0.39 is 0 Å². The summed E-state index contributed by atoms with van der Waals surface area (Å²) in [6, 6.07) is 2.55. The van der Waals surface area contributed by atoms with Crippen molar-refractivity contribution in [3.05, 3.63) is 24.7 Å². The fourth-order valence-corrected chi connectivity index (χ4v) is 2.56. The third-order valence-corrected chi connectivity index (χ3v) is 3.53. The second-order valence-electron chi connectivity index (χ2n) is 4.95. The molecule has 1 aliphatic rings. The van der Waals surface area contributed by atoms with Gasteiger partial charge in [0.15, 0.2) is 5.82 Å². The number of nitrogens with one attached hydrogen (secondary N) is 1. The van der Waals surface area contributed by atoms with Crippen molar-refractivity contribution in [2.75, 3.05) is 5.32 Å². The molecule has 2 aromatic rings. The number of rotatable bonds is 3. The Balaban J connectivity index is 1.78. The van der Waals surface area contributed by atoms with Crippen molar-refractivity contribution in [2.24, 2.45) is 7.05 Å². The molecular formula is C13H19N5. The minimum Gasteiger partial charge on any atom is -0.353 e. The van der Waals surface area contributed by atoms with Crippen molar-refractivity contribution < 1.29 is 0 Å². The molecule has 0 unspecified atom stereocenters. The molecule has 2 aromatic heterocycles. The lowest BCUT2D eigenvalue weighted by Gasteiger charge is -2.23. The standard InChI is InChI=1S/C13H19N5/c1-17-9-7-12(16-17)18-10-8-14-13(18)15-11-5-3-2-4-6-11/h7-11H,2-6H2,1H3,(H,14,15). The summed E-state index contributed by atoms with van der Waals surface area (Å²) in [6.45, 7) is 0. The van der Waals surface area contributed by atoms with E-state index in [9.17, 15) is 0 Å². The van der Waals surface area contributed by atoms with Gasteiger partial charge in [-0.15, -0.1) is 0 Å². The van der Waals surface area contributed by atoms with Crippen LogP contribution in [-0.2, 0) is 7.05 Å². The molecule has 0 saturated heterocycles. The highest BCUT2D eigenvalue weighted by molar-refractivity contribution is 5.37. The van der Waals surface area contributed by atoms with Gasteiger partial charge in [-0.3, -0.25) is 9.25 Å². The lowest BCUT2D eigenvalue weighted by Crippen LogP contribution is -2.24. The molecule has 0 bridgehead atoms. The fourth-order valence-electron chi connectivity index (χ4n) is 2.56. The molecule has 0 aromatic carbocycles. The number of aryl methyl sites for hydroxylation is 1. The van der Waals surface area contributed by atoms with Crippen molar-refractivity contribution in [1.29, 1.82) is 0 Å². The van der Waals surface area contributed by atoms with Gasteiger partial charge in [-0.2, -0.15) is 5.10 Å². The Kier molecular flexibility index (Phi) is 3.04. The Hall–Kier alpha value is -1.78. The normalized spacial score (nSPS) is 16.9. The van der Waals surface area contributed by atoms with Crippen LogP contribution in [0, 0.1) is 0 Å². The van der Waals surface area contributed by atoms with Gasteiger partial charge in [0.25, 0.3) is 0 Å². The van der Waals surface area contributed by atoms with E-state index in [0.717, 1.165) is 11.8 Å². The van der Waals surface area contributed by atoms with Gasteiger partial charge in [-0.25, -0.2) is 4.98 Å². The van der Waals surface area contributed by atoms with Gasteiger partial charge in [-0.1, -0.05) is 19.3 Å². The summed E-state index contributed by atoms with van der Waals surface area (Å²) in [5, 5.41) is 7.95. The number of imidazole rings is 1. The van der Waals surface area contributed by atoms with E-state index in [1.807, 2.05) is 36.3 Å². The first-order valence-electron chi connectivity index (χ1n) is 6.63. The van der Waals surface area contributed by atoms with Crippen LogP contribution in [0.2, 0.25) is 0 Å². The highest BCUT2D eigenvalue weighted by Gasteiger charge is 2.16. The lowest BCUT2D eigenvalue weighted by atomic mass is 9.96. The fraction of sp³-hybridized carbons (Fsp3) is 0.538. The van der Waals surface area contributed by atoms with Crippen LogP contribution < -0.4 is 5.32 Å². The predicted molar refractivity (Wildman–Crippen MR) is 70.8 cm³/mol. The molecule has 5 heteroatoms. The molecule has 96 valence electrons. The highest BCUT2D eigenvalue weighted by Crippen LogP contribution is 2.22.